The first-order valence-electron chi connectivity index (χ1n) is 9.39. The third-order valence-electron chi connectivity index (χ3n) is 4.96. The highest BCUT2D eigenvalue weighted by molar-refractivity contribution is 8.03. The number of aryl methyl sites for hydroxylation is 1. The van der Waals surface area contributed by atoms with Gasteiger partial charge in [0.05, 0.1) is 10.6 Å². The van der Waals surface area contributed by atoms with E-state index < -0.39 is 35.3 Å². The number of halogens is 2. The lowest BCUT2D eigenvalue weighted by atomic mass is 9.92. The van der Waals surface area contributed by atoms with Gasteiger partial charge < -0.3 is 15.5 Å². The molecule has 0 saturated carbocycles. The lowest BCUT2D eigenvalue weighted by Gasteiger charge is -2.14. The number of benzene rings is 2. The van der Waals surface area contributed by atoms with Crippen molar-refractivity contribution >= 4 is 35.0 Å². The van der Waals surface area contributed by atoms with Gasteiger partial charge in [0.15, 0.2) is 16.5 Å². The molecule has 0 spiro atoms. The first kappa shape index (κ1) is 22.0. The molecule has 3 aromatic rings. The van der Waals surface area contributed by atoms with E-state index in [4.69, 9.17) is 0 Å². The number of carboxylic acid groups (broad SMARTS) is 1. The number of amides is 1. The number of aromatic hydroxyl groups is 1. The van der Waals surface area contributed by atoms with Crippen LogP contribution in [-0.2, 0) is 4.79 Å². The molecule has 0 fully saturated rings. The average molecular weight is 475 g/mol. The van der Waals surface area contributed by atoms with E-state index in [1.165, 1.54) is 19.1 Å². The van der Waals surface area contributed by atoms with Crippen molar-refractivity contribution in [3.63, 3.8) is 0 Å². The Morgan fingerprint density at radius 1 is 1.12 bits per heavy atom. The number of nitrogens with zero attached hydrogens (tertiary/aromatic N) is 1. The molecule has 2 heterocycles. The topological polar surface area (TPSA) is 99.5 Å². The Morgan fingerprint density at radius 2 is 1.84 bits per heavy atom. The molecule has 1 unspecified atom stereocenters. The van der Waals surface area contributed by atoms with Gasteiger partial charge in [-0.2, -0.15) is 0 Å². The molecule has 3 N–H and O–H groups in total. The van der Waals surface area contributed by atoms with Gasteiger partial charge in [-0.25, -0.2) is 18.6 Å². The minimum atomic E-state index is -1.35. The molecule has 2 aromatic carbocycles. The van der Waals surface area contributed by atoms with Gasteiger partial charge >= 0.3 is 5.97 Å². The third kappa shape index (κ3) is 3.98. The molecule has 6 nitrogen and oxygen atoms in total. The lowest BCUT2D eigenvalue weighted by molar-refractivity contribution is -0.132. The summed E-state index contributed by atoms with van der Waals surface area (Å²) in [6.45, 7) is 1.41. The zero-order valence-corrected chi connectivity index (χ0v) is 18.2. The Kier molecular flexibility index (Phi) is 5.98. The summed E-state index contributed by atoms with van der Waals surface area (Å²) in [5.74, 6) is -5.53. The number of hydrogen-bond donors (Lipinski definition) is 3. The lowest BCUT2D eigenvalue weighted by Crippen LogP contribution is -2.23. The van der Waals surface area contributed by atoms with E-state index in [2.05, 4.69) is 10.3 Å². The summed E-state index contributed by atoms with van der Waals surface area (Å²) in [6, 6.07) is 11.7. The van der Waals surface area contributed by atoms with Crippen LogP contribution in [0.25, 0.3) is 10.6 Å². The minimum Gasteiger partial charge on any atom is -0.492 e. The molecule has 164 valence electrons. The highest BCUT2D eigenvalue weighted by Gasteiger charge is 2.36. The van der Waals surface area contributed by atoms with Gasteiger partial charge in [0.2, 0.25) is 5.88 Å². The summed E-state index contributed by atoms with van der Waals surface area (Å²) < 4.78 is 28.5. The quantitative estimate of drug-likeness (QED) is 0.498. The van der Waals surface area contributed by atoms with Crippen LogP contribution in [0.2, 0.25) is 0 Å². The van der Waals surface area contributed by atoms with Crippen molar-refractivity contribution in [2.75, 3.05) is 5.75 Å². The maximum Gasteiger partial charge on any atom is 0.334 e. The second-order valence-corrected chi connectivity index (χ2v) is 9.03. The first-order chi connectivity index (χ1) is 15.3. The molecule has 1 amide bonds. The second kappa shape index (κ2) is 8.71. The number of rotatable bonds is 5. The summed E-state index contributed by atoms with van der Waals surface area (Å²) in [5, 5.41) is 22.8. The van der Waals surface area contributed by atoms with E-state index in [0.29, 0.717) is 10.6 Å². The second-order valence-electron chi connectivity index (χ2n) is 7.00. The first-order valence-corrected chi connectivity index (χ1v) is 11.2. The van der Waals surface area contributed by atoms with Crippen LogP contribution in [0.5, 0.6) is 5.88 Å². The number of aromatic nitrogens is 1. The van der Waals surface area contributed by atoms with Gasteiger partial charge in [0.1, 0.15) is 5.01 Å². The van der Waals surface area contributed by atoms with Gasteiger partial charge in [-0.3, -0.25) is 4.79 Å². The molecular weight excluding hydrogens is 458 g/mol. The van der Waals surface area contributed by atoms with Crippen molar-refractivity contribution in [2.24, 2.45) is 0 Å². The van der Waals surface area contributed by atoms with Crippen LogP contribution < -0.4 is 5.32 Å². The molecule has 0 saturated heterocycles. The van der Waals surface area contributed by atoms with E-state index in [1.54, 1.807) is 24.3 Å². The highest BCUT2D eigenvalue weighted by atomic mass is 32.2. The number of hydrogen-bond acceptors (Lipinski definition) is 6. The van der Waals surface area contributed by atoms with Crippen LogP contribution in [0.15, 0.2) is 53.1 Å². The predicted octanol–water partition coefficient (Wildman–Crippen LogP) is 4.66. The Labute approximate surface area is 189 Å². The van der Waals surface area contributed by atoms with Crippen molar-refractivity contribution in [3.8, 4) is 16.5 Å². The molecule has 1 atom stereocenters. The largest absolute Gasteiger partial charge is 0.492 e. The molecule has 0 bridgehead atoms. The third-order valence-corrected chi connectivity index (χ3v) is 7.16. The molecule has 0 radical (unpaired) electrons. The van der Waals surface area contributed by atoms with E-state index in [-0.39, 0.29) is 32.4 Å². The van der Waals surface area contributed by atoms with Crippen molar-refractivity contribution in [1.29, 1.82) is 0 Å². The Balaban J connectivity index is 1.65. The predicted molar refractivity (Wildman–Crippen MR) is 118 cm³/mol. The molecule has 10 heteroatoms. The molecule has 1 aliphatic heterocycles. The monoisotopic (exact) mass is 474 g/mol. The van der Waals surface area contributed by atoms with Crippen LogP contribution in [-0.4, -0.2) is 32.8 Å². The van der Waals surface area contributed by atoms with Gasteiger partial charge in [0, 0.05) is 17.2 Å². The molecular formula is C22H16F2N2O4S2. The van der Waals surface area contributed by atoms with Gasteiger partial charge in [0.25, 0.3) is 5.91 Å². The van der Waals surface area contributed by atoms with Crippen LogP contribution in [0.3, 0.4) is 0 Å². The van der Waals surface area contributed by atoms with Gasteiger partial charge in [-0.1, -0.05) is 42.5 Å². The Morgan fingerprint density at radius 3 is 2.53 bits per heavy atom. The summed E-state index contributed by atoms with van der Waals surface area (Å²) in [6.07, 6.45) is 0. The average Bonchev–Trinajstić information content (AvgIpc) is 3.36. The van der Waals surface area contributed by atoms with Crippen molar-refractivity contribution in [2.45, 2.75) is 12.8 Å². The molecule has 0 aliphatic carbocycles. The summed E-state index contributed by atoms with van der Waals surface area (Å²) >= 11 is 1.97. The Hall–Kier alpha value is -3.24. The number of carbonyl (C=O) groups excluding carboxylic acids is 1. The van der Waals surface area contributed by atoms with E-state index >= 15 is 0 Å². The number of thioether (sulfide) groups is 1. The smallest absolute Gasteiger partial charge is 0.334 e. The van der Waals surface area contributed by atoms with E-state index in [9.17, 15) is 28.6 Å². The van der Waals surface area contributed by atoms with Crippen molar-refractivity contribution in [3.05, 3.63) is 80.7 Å². The van der Waals surface area contributed by atoms with Crippen molar-refractivity contribution < 1.29 is 28.6 Å². The highest BCUT2D eigenvalue weighted by Crippen LogP contribution is 2.42. The summed E-state index contributed by atoms with van der Waals surface area (Å²) in [4.78, 5) is 28.6. The minimum absolute atomic E-state index is 0.0157. The summed E-state index contributed by atoms with van der Waals surface area (Å²) in [5.41, 5.74) is 0.498. The zero-order valence-electron chi connectivity index (χ0n) is 16.6. The van der Waals surface area contributed by atoms with Crippen LogP contribution in [0, 0.1) is 18.6 Å². The normalized spacial score (nSPS) is 15.8. The molecule has 4 rings (SSSR count). The van der Waals surface area contributed by atoms with Crippen LogP contribution >= 0.6 is 23.1 Å². The molecule has 32 heavy (non-hydrogen) atoms. The van der Waals surface area contributed by atoms with Crippen LogP contribution in [0.4, 0.5) is 8.78 Å². The Bertz CT molecular complexity index is 1260. The SMILES string of the molecule is Cc1ccc(C2CSC(NC(=O)c3sc(-c4ccccc4)nc3O)=C2C(=O)O)c(F)c1F. The summed E-state index contributed by atoms with van der Waals surface area (Å²) in [7, 11) is 0. The number of thiazole rings is 1. The molecule has 1 aromatic heterocycles. The standard InChI is InChI=1S/C22H16F2N2O4S2/c1-10-7-8-12(16(24)15(10)23)13-9-31-21(14(13)22(29)30)26-19(28)17-18(27)25-20(32-17)11-5-3-2-4-6-11/h2-8,13,27H,9H2,1H3,(H,26,28)(H,29,30). The zero-order chi connectivity index (χ0) is 23.0. The van der Waals surface area contributed by atoms with Gasteiger partial charge in [-0.15, -0.1) is 23.1 Å². The fourth-order valence-corrected chi connectivity index (χ4v) is 5.42. The van der Waals surface area contributed by atoms with Gasteiger partial charge in [-0.05, 0) is 18.1 Å². The van der Waals surface area contributed by atoms with Crippen molar-refractivity contribution in [1.82, 2.24) is 10.3 Å². The maximum absolute atomic E-state index is 14.5. The fourth-order valence-electron chi connectivity index (χ4n) is 3.34. The van der Waals surface area contributed by atoms with E-state index in [1.807, 2.05) is 6.07 Å². The number of carboxylic acids is 1. The van der Waals surface area contributed by atoms with Crippen LogP contribution in [0.1, 0.15) is 26.7 Å². The van der Waals surface area contributed by atoms with E-state index in [0.717, 1.165) is 23.1 Å². The number of aliphatic carboxylic acids is 1. The number of nitrogens with one attached hydrogen (secondary N) is 1. The molecule has 1 aliphatic rings. The fraction of sp³-hybridized carbons (Fsp3) is 0.136. The maximum atomic E-state index is 14.5. The number of carbonyl (C=O) groups is 2.